The highest BCUT2D eigenvalue weighted by atomic mass is 16.6. The third kappa shape index (κ3) is 2.71. The van der Waals surface area contributed by atoms with Crippen molar-refractivity contribution in [1.82, 2.24) is 4.57 Å². The number of aromatic nitrogens is 1. The number of nitrogens with zero attached hydrogens (tertiary/aromatic N) is 2. The summed E-state index contributed by atoms with van der Waals surface area (Å²) in [6, 6.07) is 6.37. The molecule has 1 unspecified atom stereocenters. The quantitative estimate of drug-likeness (QED) is 0.627. The molecule has 0 amide bonds. The summed E-state index contributed by atoms with van der Waals surface area (Å²) < 4.78 is 1.50. The molecule has 2 N–H and O–H groups in total. The third-order valence-electron chi connectivity index (χ3n) is 2.78. The lowest BCUT2D eigenvalue weighted by molar-refractivity contribution is -0.383. The molecule has 0 aliphatic rings. The zero-order valence-corrected chi connectivity index (χ0v) is 9.89. The van der Waals surface area contributed by atoms with Crippen LogP contribution in [0.3, 0.4) is 0 Å². The number of rotatable bonds is 5. The first-order chi connectivity index (χ1) is 8.99. The van der Waals surface area contributed by atoms with Crippen LogP contribution in [0.1, 0.15) is 6.42 Å². The minimum Gasteiger partial charge on any atom is -0.481 e. The standard InChI is InChI=1S/C12H12N2O5/c15-9(6-11(16)17)7-13-5-4-8-2-1-3-10(12(8)13)14(18)19/h1-5,9,15H,6-7H2,(H,16,17). The molecule has 0 aliphatic carbocycles. The van der Waals surface area contributed by atoms with Crippen LogP contribution < -0.4 is 0 Å². The molecule has 1 heterocycles. The fourth-order valence-electron chi connectivity index (χ4n) is 2.03. The molecule has 0 radical (unpaired) electrons. The summed E-state index contributed by atoms with van der Waals surface area (Å²) in [5.74, 6) is -1.11. The largest absolute Gasteiger partial charge is 0.481 e. The van der Waals surface area contributed by atoms with Gasteiger partial charge in [-0.3, -0.25) is 14.9 Å². The van der Waals surface area contributed by atoms with E-state index in [0.717, 1.165) is 0 Å². The highest BCUT2D eigenvalue weighted by Crippen LogP contribution is 2.26. The molecule has 0 aliphatic heterocycles. The highest BCUT2D eigenvalue weighted by Gasteiger charge is 2.17. The fraction of sp³-hybridized carbons (Fsp3) is 0.250. The zero-order valence-electron chi connectivity index (χ0n) is 9.89. The Balaban J connectivity index is 2.38. The number of hydrogen-bond acceptors (Lipinski definition) is 4. The van der Waals surface area contributed by atoms with Crippen molar-refractivity contribution >= 4 is 22.6 Å². The number of carboxylic acid groups (broad SMARTS) is 1. The second-order valence-corrected chi connectivity index (χ2v) is 4.19. The first-order valence-corrected chi connectivity index (χ1v) is 5.61. The molecule has 0 bridgehead atoms. The Morgan fingerprint density at radius 3 is 2.79 bits per heavy atom. The SMILES string of the molecule is O=C(O)CC(O)Cn1ccc2cccc([N+](=O)[O-])c21. The minimum absolute atomic E-state index is 0.000648. The normalized spacial score (nSPS) is 12.5. The van der Waals surface area contributed by atoms with E-state index >= 15 is 0 Å². The van der Waals surface area contributed by atoms with Crippen LogP contribution in [0, 0.1) is 10.1 Å². The molecule has 2 rings (SSSR count). The van der Waals surface area contributed by atoms with Crippen molar-refractivity contribution in [2.75, 3.05) is 0 Å². The van der Waals surface area contributed by atoms with E-state index in [-0.39, 0.29) is 12.2 Å². The Labute approximate surface area is 107 Å². The molecule has 0 spiro atoms. The number of fused-ring (bicyclic) bond motifs is 1. The van der Waals surface area contributed by atoms with Gasteiger partial charge in [-0.1, -0.05) is 12.1 Å². The van der Waals surface area contributed by atoms with Gasteiger partial charge in [-0.05, 0) is 6.07 Å². The van der Waals surface area contributed by atoms with Gasteiger partial charge in [0.2, 0.25) is 0 Å². The van der Waals surface area contributed by atoms with Crippen molar-refractivity contribution in [3.8, 4) is 0 Å². The number of aliphatic hydroxyl groups is 1. The summed E-state index contributed by atoms with van der Waals surface area (Å²) in [4.78, 5) is 21.0. The van der Waals surface area contributed by atoms with Crippen molar-refractivity contribution in [2.24, 2.45) is 0 Å². The minimum atomic E-state index is -1.11. The van der Waals surface area contributed by atoms with Crippen molar-refractivity contribution in [1.29, 1.82) is 0 Å². The van der Waals surface area contributed by atoms with E-state index in [4.69, 9.17) is 5.11 Å². The fourth-order valence-corrected chi connectivity index (χ4v) is 2.03. The summed E-state index contributed by atoms with van der Waals surface area (Å²) in [6.45, 7) is 0.000648. The molecule has 2 aromatic rings. The number of aliphatic carboxylic acids is 1. The van der Waals surface area contributed by atoms with E-state index in [2.05, 4.69) is 0 Å². The first kappa shape index (κ1) is 13.0. The van der Waals surface area contributed by atoms with E-state index < -0.39 is 23.4 Å². The third-order valence-corrected chi connectivity index (χ3v) is 2.78. The lowest BCUT2D eigenvalue weighted by Crippen LogP contribution is -2.19. The summed E-state index contributed by atoms with van der Waals surface area (Å²) in [5.41, 5.74) is 0.321. The maximum atomic E-state index is 11.0. The molecule has 100 valence electrons. The Morgan fingerprint density at radius 1 is 1.42 bits per heavy atom. The zero-order chi connectivity index (χ0) is 14.0. The number of carboxylic acids is 1. The van der Waals surface area contributed by atoms with Crippen LogP contribution in [-0.2, 0) is 11.3 Å². The molecule has 0 saturated heterocycles. The predicted octanol–water partition coefficient (Wildman–Crippen LogP) is 1.39. The topological polar surface area (TPSA) is 106 Å². The summed E-state index contributed by atoms with van der Waals surface area (Å²) in [6.07, 6.45) is 0.108. The van der Waals surface area contributed by atoms with Gasteiger partial charge in [-0.25, -0.2) is 0 Å². The van der Waals surface area contributed by atoms with Gasteiger partial charge in [0.05, 0.1) is 17.4 Å². The number of nitro benzene ring substituents is 1. The Morgan fingerprint density at radius 2 is 2.16 bits per heavy atom. The van der Waals surface area contributed by atoms with Crippen LogP contribution in [-0.4, -0.2) is 31.8 Å². The Bertz CT molecular complexity index is 634. The van der Waals surface area contributed by atoms with Gasteiger partial charge >= 0.3 is 5.97 Å². The predicted molar refractivity (Wildman–Crippen MR) is 66.9 cm³/mol. The number of benzene rings is 1. The van der Waals surface area contributed by atoms with E-state index in [9.17, 15) is 20.0 Å². The molecular weight excluding hydrogens is 252 g/mol. The molecule has 19 heavy (non-hydrogen) atoms. The number of non-ortho nitro benzene ring substituents is 1. The summed E-state index contributed by atoms with van der Waals surface area (Å²) in [7, 11) is 0. The van der Waals surface area contributed by atoms with Gasteiger partial charge in [0.1, 0.15) is 5.52 Å². The second kappa shape index (κ2) is 5.07. The maximum Gasteiger partial charge on any atom is 0.306 e. The van der Waals surface area contributed by atoms with E-state index in [0.29, 0.717) is 10.9 Å². The van der Waals surface area contributed by atoms with Gasteiger partial charge in [0.25, 0.3) is 5.69 Å². The Kier molecular flexibility index (Phi) is 3.48. The van der Waals surface area contributed by atoms with E-state index in [1.54, 1.807) is 24.4 Å². The summed E-state index contributed by atoms with van der Waals surface area (Å²) in [5, 5.41) is 29.8. The molecular formula is C12H12N2O5. The van der Waals surface area contributed by atoms with E-state index in [1.807, 2.05) is 0 Å². The number of nitro groups is 1. The van der Waals surface area contributed by atoms with Gasteiger partial charge in [0, 0.05) is 24.2 Å². The molecule has 1 aromatic heterocycles. The number of carbonyl (C=O) groups is 1. The number of para-hydroxylation sites is 1. The molecule has 0 saturated carbocycles. The lowest BCUT2D eigenvalue weighted by Gasteiger charge is -2.10. The maximum absolute atomic E-state index is 11.0. The van der Waals surface area contributed by atoms with Crippen LogP contribution in [0.25, 0.3) is 10.9 Å². The van der Waals surface area contributed by atoms with Gasteiger partial charge < -0.3 is 14.8 Å². The van der Waals surface area contributed by atoms with Gasteiger partial charge in [-0.2, -0.15) is 0 Å². The highest BCUT2D eigenvalue weighted by molar-refractivity contribution is 5.88. The molecule has 1 aromatic carbocycles. The van der Waals surface area contributed by atoms with Crippen LogP contribution in [0.5, 0.6) is 0 Å². The average Bonchev–Trinajstić information content (AvgIpc) is 2.71. The average molecular weight is 264 g/mol. The van der Waals surface area contributed by atoms with Crippen LogP contribution in [0.15, 0.2) is 30.5 Å². The van der Waals surface area contributed by atoms with Crippen LogP contribution >= 0.6 is 0 Å². The van der Waals surface area contributed by atoms with Crippen LogP contribution in [0.4, 0.5) is 5.69 Å². The van der Waals surface area contributed by atoms with Crippen molar-refractivity contribution in [2.45, 2.75) is 19.1 Å². The molecule has 7 heteroatoms. The smallest absolute Gasteiger partial charge is 0.306 e. The Hall–Kier alpha value is -2.41. The second-order valence-electron chi connectivity index (χ2n) is 4.19. The number of aliphatic hydroxyl groups excluding tert-OH is 1. The molecule has 7 nitrogen and oxygen atoms in total. The van der Waals surface area contributed by atoms with Crippen molar-refractivity contribution in [3.05, 3.63) is 40.6 Å². The van der Waals surface area contributed by atoms with Gasteiger partial charge in [0.15, 0.2) is 0 Å². The van der Waals surface area contributed by atoms with Crippen LogP contribution in [0.2, 0.25) is 0 Å². The first-order valence-electron chi connectivity index (χ1n) is 5.61. The summed E-state index contributed by atoms with van der Waals surface area (Å²) >= 11 is 0. The monoisotopic (exact) mass is 264 g/mol. The number of hydrogen-bond donors (Lipinski definition) is 2. The molecule has 1 atom stereocenters. The van der Waals surface area contributed by atoms with E-state index in [1.165, 1.54) is 10.6 Å². The van der Waals surface area contributed by atoms with Crippen molar-refractivity contribution in [3.63, 3.8) is 0 Å². The van der Waals surface area contributed by atoms with Crippen molar-refractivity contribution < 1.29 is 19.9 Å². The van der Waals surface area contributed by atoms with Gasteiger partial charge in [-0.15, -0.1) is 0 Å². The molecule has 0 fully saturated rings. The lowest BCUT2D eigenvalue weighted by atomic mass is 10.2.